The summed E-state index contributed by atoms with van der Waals surface area (Å²) in [6, 6.07) is 19.3. The van der Waals surface area contributed by atoms with E-state index in [1.807, 2.05) is 60.7 Å². The maximum Gasteiger partial charge on any atom is 0.191 e. The van der Waals surface area contributed by atoms with Crippen LogP contribution in [-0.4, -0.2) is 38.4 Å². The lowest BCUT2D eigenvalue weighted by atomic mass is 10.2. The molecule has 0 radical (unpaired) electrons. The molecular formula is C21H24N4O3. The molecule has 0 saturated carbocycles. The molecule has 1 aromatic heterocycles. The minimum absolute atomic E-state index is 0.509. The summed E-state index contributed by atoms with van der Waals surface area (Å²) in [5, 5.41) is 10.5. The van der Waals surface area contributed by atoms with E-state index in [0.717, 1.165) is 28.5 Å². The summed E-state index contributed by atoms with van der Waals surface area (Å²) in [7, 11) is 3.36. The van der Waals surface area contributed by atoms with E-state index in [9.17, 15) is 0 Å². The van der Waals surface area contributed by atoms with Crippen LogP contribution in [0.4, 0.5) is 0 Å². The van der Waals surface area contributed by atoms with Crippen LogP contribution in [0.3, 0.4) is 0 Å². The maximum absolute atomic E-state index is 5.69. The van der Waals surface area contributed by atoms with Crippen LogP contribution in [0.25, 0.3) is 11.3 Å². The van der Waals surface area contributed by atoms with Gasteiger partial charge in [0.1, 0.15) is 23.8 Å². The third-order valence-corrected chi connectivity index (χ3v) is 4.00. The van der Waals surface area contributed by atoms with Crippen LogP contribution in [0.15, 0.2) is 70.2 Å². The topological polar surface area (TPSA) is 80.9 Å². The third kappa shape index (κ3) is 5.51. The zero-order valence-corrected chi connectivity index (χ0v) is 16.0. The number of nitrogens with zero attached hydrogens (tertiary/aromatic N) is 2. The Kier molecular flexibility index (Phi) is 6.89. The molecule has 2 aromatic carbocycles. The van der Waals surface area contributed by atoms with Crippen LogP contribution in [0.2, 0.25) is 0 Å². The molecule has 3 rings (SSSR count). The number of guanidine groups is 1. The van der Waals surface area contributed by atoms with Gasteiger partial charge in [0.25, 0.3) is 0 Å². The SMILES string of the molecule is CN=C(NCCOc1ccc(OC)cc1)NCc1cc(-c2ccccc2)on1. The van der Waals surface area contributed by atoms with E-state index in [-0.39, 0.29) is 0 Å². The smallest absolute Gasteiger partial charge is 0.191 e. The van der Waals surface area contributed by atoms with Gasteiger partial charge in [-0.05, 0) is 24.3 Å². The van der Waals surface area contributed by atoms with Gasteiger partial charge in [-0.25, -0.2) is 0 Å². The van der Waals surface area contributed by atoms with Crippen LogP contribution in [0.5, 0.6) is 11.5 Å². The summed E-state index contributed by atoms with van der Waals surface area (Å²) in [5.41, 5.74) is 1.80. The van der Waals surface area contributed by atoms with E-state index in [2.05, 4.69) is 20.8 Å². The van der Waals surface area contributed by atoms with Crippen LogP contribution in [-0.2, 0) is 6.54 Å². The second kappa shape index (κ2) is 10.0. The molecule has 0 atom stereocenters. The summed E-state index contributed by atoms with van der Waals surface area (Å²) in [5.74, 6) is 3.01. The predicted octanol–water partition coefficient (Wildman–Crippen LogP) is 3.09. The highest BCUT2D eigenvalue weighted by atomic mass is 16.5. The molecule has 146 valence electrons. The Hall–Kier alpha value is -3.48. The Morgan fingerprint density at radius 2 is 1.79 bits per heavy atom. The van der Waals surface area contributed by atoms with E-state index < -0.39 is 0 Å². The van der Waals surface area contributed by atoms with Gasteiger partial charge in [0.05, 0.1) is 20.2 Å². The molecule has 2 N–H and O–H groups in total. The van der Waals surface area contributed by atoms with E-state index in [0.29, 0.717) is 25.7 Å². The fraction of sp³-hybridized carbons (Fsp3) is 0.238. The first kappa shape index (κ1) is 19.3. The third-order valence-electron chi connectivity index (χ3n) is 4.00. The van der Waals surface area contributed by atoms with E-state index in [4.69, 9.17) is 14.0 Å². The molecule has 0 aliphatic carbocycles. The van der Waals surface area contributed by atoms with Crippen molar-refractivity contribution in [2.45, 2.75) is 6.54 Å². The summed E-state index contributed by atoms with van der Waals surface area (Å²) in [6.07, 6.45) is 0. The Labute approximate surface area is 164 Å². The number of hydrogen-bond acceptors (Lipinski definition) is 5. The first-order valence-electron chi connectivity index (χ1n) is 9.01. The molecule has 3 aromatic rings. The van der Waals surface area contributed by atoms with Gasteiger partial charge >= 0.3 is 0 Å². The molecule has 0 aliphatic rings. The Morgan fingerprint density at radius 3 is 2.50 bits per heavy atom. The highest BCUT2D eigenvalue weighted by molar-refractivity contribution is 5.79. The normalized spacial score (nSPS) is 11.1. The summed E-state index contributed by atoms with van der Waals surface area (Å²) >= 11 is 0. The molecular weight excluding hydrogens is 356 g/mol. The van der Waals surface area contributed by atoms with Crippen molar-refractivity contribution in [2.24, 2.45) is 4.99 Å². The van der Waals surface area contributed by atoms with Crippen LogP contribution >= 0.6 is 0 Å². The predicted molar refractivity (Wildman–Crippen MR) is 109 cm³/mol. The number of nitrogens with one attached hydrogen (secondary N) is 2. The number of aromatic nitrogens is 1. The van der Waals surface area contributed by atoms with Crippen molar-refractivity contribution in [3.63, 3.8) is 0 Å². The largest absolute Gasteiger partial charge is 0.497 e. The van der Waals surface area contributed by atoms with Gasteiger partial charge in [0, 0.05) is 18.7 Å². The number of rotatable bonds is 8. The average molecular weight is 380 g/mol. The highest BCUT2D eigenvalue weighted by Gasteiger charge is 2.07. The molecule has 7 heteroatoms. The van der Waals surface area contributed by atoms with Crippen molar-refractivity contribution in [1.29, 1.82) is 0 Å². The highest BCUT2D eigenvalue weighted by Crippen LogP contribution is 2.19. The Bertz CT molecular complexity index is 876. The maximum atomic E-state index is 5.69. The number of ether oxygens (including phenoxy) is 2. The molecule has 1 heterocycles. The molecule has 28 heavy (non-hydrogen) atoms. The van der Waals surface area contributed by atoms with Crippen molar-refractivity contribution in [1.82, 2.24) is 15.8 Å². The van der Waals surface area contributed by atoms with E-state index in [1.165, 1.54) is 0 Å². The first-order valence-corrected chi connectivity index (χ1v) is 9.01. The van der Waals surface area contributed by atoms with Crippen molar-refractivity contribution in [3.05, 3.63) is 66.4 Å². The molecule has 0 saturated heterocycles. The second-order valence-electron chi connectivity index (χ2n) is 5.93. The van der Waals surface area contributed by atoms with Gasteiger partial charge in [0.15, 0.2) is 11.7 Å². The van der Waals surface area contributed by atoms with Crippen molar-refractivity contribution < 1.29 is 14.0 Å². The van der Waals surface area contributed by atoms with Gasteiger partial charge in [0.2, 0.25) is 0 Å². The summed E-state index contributed by atoms with van der Waals surface area (Å²) in [6.45, 7) is 1.63. The molecule has 0 bridgehead atoms. The number of methoxy groups -OCH3 is 1. The first-order chi connectivity index (χ1) is 13.8. The van der Waals surface area contributed by atoms with Gasteiger partial charge in [-0.2, -0.15) is 0 Å². The molecule has 0 amide bonds. The Morgan fingerprint density at radius 1 is 1.04 bits per heavy atom. The quantitative estimate of drug-likeness (QED) is 0.355. The molecule has 0 unspecified atom stereocenters. The van der Waals surface area contributed by atoms with Gasteiger partial charge in [-0.3, -0.25) is 4.99 Å². The minimum atomic E-state index is 0.509. The van der Waals surface area contributed by atoms with Gasteiger partial charge in [-0.15, -0.1) is 0 Å². The number of benzene rings is 2. The minimum Gasteiger partial charge on any atom is -0.497 e. The second-order valence-corrected chi connectivity index (χ2v) is 5.93. The van der Waals surface area contributed by atoms with Gasteiger partial charge in [-0.1, -0.05) is 35.5 Å². The number of hydrogen-bond donors (Lipinski definition) is 2. The molecule has 0 fully saturated rings. The zero-order chi connectivity index (χ0) is 19.6. The monoisotopic (exact) mass is 380 g/mol. The zero-order valence-electron chi connectivity index (χ0n) is 16.0. The molecule has 7 nitrogen and oxygen atoms in total. The lowest BCUT2D eigenvalue weighted by Crippen LogP contribution is -2.38. The summed E-state index contributed by atoms with van der Waals surface area (Å²) < 4.78 is 16.2. The van der Waals surface area contributed by atoms with Crippen LogP contribution in [0, 0.1) is 0 Å². The van der Waals surface area contributed by atoms with Crippen molar-refractivity contribution >= 4 is 5.96 Å². The Balaban J connectivity index is 1.40. The molecule has 0 aliphatic heterocycles. The fourth-order valence-electron chi connectivity index (χ4n) is 2.54. The summed E-state index contributed by atoms with van der Waals surface area (Å²) in [4.78, 5) is 4.20. The van der Waals surface area contributed by atoms with Gasteiger partial charge < -0.3 is 24.6 Å². The average Bonchev–Trinajstić information content (AvgIpc) is 3.23. The lowest BCUT2D eigenvalue weighted by Gasteiger charge is -2.11. The fourth-order valence-corrected chi connectivity index (χ4v) is 2.54. The van der Waals surface area contributed by atoms with Crippen LogP contribution < -0.4 is 20.1 Å². The van der Waals surface area contributed by atoms with E-state index in [1.54, 1.807) is 14.2 Å². The number of aliphatic imine (C=N–C) groups is 1. The van der Waals surface area contributed by atoms with Crippen LogP contribution in [0.1, 0.15) is 5.69 Å². The standard InChI is InChI=1S/C21H24N4O3/c1-22-21(23-12-13-27-19-10-8-18(26-2)9-11-19)24-15-17-14-20(28-25-17)16-6-4-3-5-7-16/h3-11,14H,12-13,15H2,1-2H3,(H2,22,23,24). The van der Waals surface area contributed by atoms with Crippen molar-refractivity contribution in [3.8, 4) is 22.8 Å². The van der Waals surface area contributed by atoms with E-state index >= 15 is 0 Å². The van der Waals surface area contributed by atoms with Crippen molar-refractivity contribution in [2.75, 3.05) is 27.3 Å². The lowest BCUT2D eigenvalue weighted by molar-refractivity contribution is 0.321. The molecule has 0 spiro atoms.